The van der Waals surface area contributed by atoms with Crippen LogP contribution in [0.5, 0.6) is 0 Å². The van der Waals surface area contributed by atoms with E-state index in [1.54, 1.807) is 4.68 Å². The highest BCUT2D eigenvalue weighted by atomic mass is 16.2. The van der Waals surface area contributed by atoms with Gasteiger partial charge in [-0.2, -0.15) is 0 Å². The van der Waals surface area contributed by atoms with E-state index in [1.165, 1.54) is 6.33 Å². The molecule has 1 amide bonds. The molecule has 2 aromatic rings. The van der Waals surface area contributed by atoms with Crippen LogP contribution >= 0.6 is 0 Å². The Hall–Kier alpha value is -2.24. The molecule has 6 heteroatoms. The maximum absolute atomic E-state index is 12.0. The van der Waals surface area contributed by atoms with Gasteiger partial charge in [0.1, 0.15) is 6.33 Å². The van der Waals surface area contributed by atoms with E-state index in [1.807, 2.05) is 45.9 Å². The van der Waals surface area contributed by atoms with Crippen LogP contribution in [-0.4, -0.2) is 26.1 Å². The van der Waals surface area contributed by atoms with Gasteiger partial charge < -0.3 is 5.32 Å². The fourth-order valence-corrected chi connectivity index (χ4v) is 1.48. The number of aromatic nitrogens is 4. The van der Waals surface area contributed by atoms with E-state index >= 15 is 0 Å². The van der Waals surface area contributed by atoms with Crippen LogP contribution in [-0.2, 0) is 4.79 Å². The van der Waals surface area contributed by atoms with Gasteiger partial charge in [0.2, 0.25) is 5.91 Å². The molecule has 1 heterocycles. The second kappa shape index (κ2) is 4.79. The zero-order chi connectivity index (χ0) is 14.0. The molecule has 0 aliphatic carbocycles. The number of nitrogens with one attached hydrogen (secondary N) is 1. The summed E-state index contributed by atoms with van der Waals surface area (Å²) in [5.41, 5.74) is 2.14. The smallest absolute Gasteiger partial charge is 0.229 e. The van der Waals surface area contributed by atoms with Crippen molar-refractivity contribution in [2.45, 2.75) is 27.7 Å². The summed E-state index contributed by atoms with van der Waals surface area (Å²) >= 11 is 0. The molecule has 0 atom stereocenters. The van der Waals surface area contributed by atoms with Crippen LogP contribution in [0, 0.1) is 12.3 Å². The zero-order valence-corrected chi connectivity index (χ0v) is 11.5. The molecule has 0 radical (unpaired) electrons. The molecule has 100 valence electrons. The molecule has 0 aliphatic heterocycles. The van der Waals surface area contributed by atoms with Gasteiger partial charge >= 0.3 is 0 Å². The molecule has 0 saturated carbocycles. The molecule has 0 unspecified atom stereocenters. The van der Waals surface area contributed by atoms with Gasteiger partial charge in [-0.25, -0.2) is 4.68 Å². The molecule has 0 spiro atoms. The molecule has 1 aromatic carbocycles. The summed E-state index contributed by atoms with van der Waals surface area (Å²) in [6.45, 7) is 7.58. The standard InChI is InChI=1S/C13H17N5O/c1-9-5-6-10(18-8-14-16-17-18)7-11(9)15-12(19)13(2,3)4/h5-8H,1-4H3,(H,15,19). The molecular formula is C13H17N5O. The minimum atomic E-state index is -0.433. The van der Waals surface area contributed by atoms with Gasteiger partial charge in [-0.15, -0.1) is 5.10 Å². The van der Waals surface area contributed by atoms with Crippen LogP contribution in [0.2, 0.25) is 0 Å². The first kappa shape index (κ1) is 13.2. The molecule has 0 bridgehead atoms. The van der Waals surface area contributed by atoms with Crippen molar-refractivity contribution in [3.05, 3.63) is 30.1 Å². The minimum Gasteiger partial charge on any atom is -0.325 e. The number of hydrogen-bond acceptors (Lipinski definition) is 4. The van der Waals surface area contributed by atoms with Crippen molar-refractivity contribution in [3.63, 3.8) is 0 Å². The van der Waals surface area contributed by atoms with Gasteiger partial charge in [0.15, 0.2) is 0 Å². The number of aryl methyl sites for hydroxylation is 1. The average Bonchev–Trinajstić information content (AvgIpc) is 2.84. The number of tetrazole rings is 1. The van der Waals surface area contributed by atoms with Gasteiger partial charge in [0.25, 0.3) is 0 Å². The van der Waals surface area contributed by atoms with E-state index in [0.717, 1.165) is 16.9 Å². The average molecular weight is 259 g/mol. The third-order valence-corrected chi connectivity index (χ3v) is 2.76. The Morgan fingerprint density at radius 2 is 2.05 bits per heavy atom. The highest BCUT2D eigenvalue weighted by Crippen LogP contribution is 2.22. The largest absolute Gasteiger partial charge is 0.325 e. The van der Waals surface area contributed by atoms with Gasteiger partial charge in [0.05, 0.1) is 5.69 Å². The van der Waals surface area contributed by atoms with E-state index in [9.17, 15) is 4.79 Å². The monoisotopic (exact) mass is 259 g/mol. The lowest BCUT2D eigenvalue weighted by Gasteiger charge is -2.19. The second-order valence-electron chi connectivity index (χ2n) is 5.46. The Morgan fingerprint density at radius 1 is 1.32 bits per heavy atom. The lowest BCUT2D eigenvalue weighted by atomic mass is 9.95. The molecule has 19 heavy (non-hydrogen) atoms. The second-order valence-corrected chi connectivity index (χ2v) is 5.46. The van der Waals surface area contributed by atoms with Crippen LogP contribution < -0.4 is 5.32 Å². The first-order valence-corrected chi connectivity index (χ1v) is 6.03. The minimum absolute atomic E-state index is 0.0236. The van der Waals surface area contributed by atoms with Crippen LogP contribution in [0.1, 0.15) is 26.3 Å². The quantitative estimate of drug-likeness (QED) is 0.894. The molecule has 2 rings (SSSR count). The fourth-order valence-electron chi connectivity index (χ4n) is 1.48. The van der Waals surface area contributed by atoms with Crippen molar-refractivity contribution in [1.29, 1.82) is 0 Å². The molecule has 0 aliphatic rings. The van der Waals surface area contributed by atoms with E-state index < -0.39 is 5.41 Å². The molecule has 1 N–H and O–H groups in total. The third-order valence-electron chi connectivity index (χ3n) is 2.76. The Morgan fingerprint density at radius 3 is 2.63 bits per heavy atom. The number of carbonyl (C=O) groups is 1. The number of anilines is 1. The van der Waals surface area contributed by atoms with Crippen LogP contribution in [0.3, 0.4) is 0 Å². The van der Waals surface area contributed by atoms with Crippen LogP contribution in [0.4, 0.5) is 5.69 Å². The lowest BCUT2D eigenvalue weighted by Crippen LogP contribution is -2.28. The number of carbonyl (C=O) groups excluding carboxylic acids is 1. The normalized spacial score (nSPS) is 11.4. The van der Waals surface area contributed by atoms with Crippen molar-refractivity contribution in [3.8, 4) is 5.69 Å². The first-order chi connectivity index (χ1) is 8.88. The summed E-state index contributed by atoms with van der Waals surface area (Å²) in [5, 5.41) is 14.0. The summed E-state index contributed by atoms with van der Waals surface area (Å²) in [7, 11) is 0. The summed E-state index contributed by atoms with van der Waals surface area (Å²) < 4.78 is 1.55. The van der Waals surface area contributed by atoms with Crippen molar-refractivity contribution >= 4 is 11.6 Å². The van der Waals surface area contributed by atoms with Crippen LogP contribution in [0.15, 0.2) is 24.5 Å². The number of nitrogens with zero attached hydrogens (tertiary/aromatic N) is 4. The number of benzene rings is 1. The molecule has 6 nitrogen and oxygen atoms in total. The lowest BCUT2D eigenvalue weighted by molar-refractivity contribution is -0.123. The Balaban J connectivity index is 2.31. The highest BCUT2D eigenvalue weighted by molar-refractivity contribution is 5.95. The topological polar surface area (TPSA) is 72.7 Å². The predicted octanol–water partition coefficient (Wildman–Crippen LogP) is 1.96. The summed E-state index contributed by atoms with van der Waals surface area (Å²) in [6.07, 6.45) is 1.51. The highest BCUT2D eigenvalue weighted by Gasteiger charge is 2.21. The number of amides is 1. The predicted molar refractivity (Wildman–Crippen MR) is 72.0 cm³/mol. The Labute approximate surface area is 111 Å². The first-order valence-electron chi connectivity index (χ1n) is 6.03. The summed E-state index contributed by atoms with van der Waals surface area (Å²) in [5.74, 6) is -0.0236. The third kappa shape index (κ3) is 2.96. The van der Waals surface area contributed by atoms with Crippen molar-refractivity contribution in [2.24, 2.45) is 5.41 Å². The van der Waals surface area contributed by atoms with Gasteiger partial charge in [-0.05, 0) is 35.0 Å². The molecule has 0 saturated heterocycles. The van der Waals surface area contributed by atoms with Crippen molar-refractivity contribution in [2.75, 3.05) is 5.32 Å². The summed E-state index contributed by atoms with van der Waals surface area (Å²) in [6, 6.07) is 5.68. The number of hydrogen-bond donors (Lipinski definition) is 1. The van der Waals surface area contributed by atoms with Gasteiger partial charge in [0, 0.05) is 11.1 Å². The Kier molecular flexibility index (Phi) is 3.33. The van der Waals surface area contributed by atoms with Crippen molar-refractivity contribution in [1.82, 2.24) is 20.2 Å². The van der Waals surface area contributed by atoms with E-state index in [-0.39, 0.29) is 5.91 Å². The van der Waals surface area contributed by atoms with E-state index in [0.29, 0.717) is 0 Å². The number of rotatable bonds is 2. The van der Waals surface area contributed by atoms with Gasteiger partial charge in [-0.1, -0.05) is 26.8 Å². The van der Waals surface area contributed by atoms with Crippen molar-refractivity contribution < 1.29 is 4.79 Å². The molecule has 0 fully saturated rings. The Bertz CT molecular complexity index is 584. The SMILES string of the molecule is Cc1ccc(-n2cnnn2)cc1NC(=O)C(C)(C)C. The van der Waals surface area contributed by atoms with E-state index in [2.05, 4.69) is 20.8 Å². The zero-order valence-electron chi connectivity index (χ0n) is 11.5. The van der Waals surface area contributed by atoms with E-state index in [4.69, 9.17) is 0 Å². The summed E-state index contributed by atoms with van der Waals surface area (Å²) in [4.78, 5) is 12.0. The maximum Gasteiger partial charge on any atom is 0.229 e. The molecular weight excluding hydrogens is 242 g/mol. The molecule has 1 aromatic heterocycles. The maximum atomic E-state index is 12.0. The fraction of sp³-hybridized carbons (Fsp3) is 0.385. The van der Waals surface area contributed by atoms with Gasteiger partial charge in [-0.3, -0.25) is 4.79 Å². The van der Waals surface area contributed by atoms with Crippen LogP contribution in [0.25, 0.3) is 5.69 Å².